The molecule has 0 saturated carbocycles. The number of aromatic nitrogens is 4. The zero-order valence-electron chi connectivity index (χ0n) is 13.0. The van der Waals surface area contributed by atoms with E-state index in [1.54, 1.807) is 18.1 Å². The summed E-state index contributed by atoms with van der Waals surface area (Å²) >= 11 is 1.70. The molecule has 0 amide bonds. The molecule has 4 nitrogen and oxygen atoms in total. The molecule has 0 unspecified atom stereocenters. The minimum absolute atomic E-state index is 0.761. The van der Waals surface area contributed by atoms with Gasteiger partial charge in [-0.1, -0.05) is 72.4 Å². The minimum Gasteiger partial charge on any atom is -0.311 e. The summed E-state index contributed by atoms with van der Waals surface area (Å²) in [7, 11) is 0. The van der Waals surface area contributed by atoms with Gasteiger partial charge in [0.1, 0.15) is 16.9 Å². The number of fused-ring (bicyclic) bond motifs is 1. The zero-order chi connectivity index (χ0) is 16.2. The number of rotatable bonds is 5. The van der Waals surface area contributed by atoms with Crippen molar-refractivity contribution in [3.8, 4) is 0 Å². The molecule has 2 aromatic heterocycles. The van der Waals surface area contributed by atoms with Crippen LogP contribution in [-0.4, -0.2) is 19.5 Å². The lowest BCUT2D eigenvalue weighted by molar-refractivity contribution is 0.812. The molecule has 0 N–H and O–H groups in total. The molecule has 0 radical (unpaired) electrons. The molecule has 0 aliphatic carbocycles. The van der Waals surface area contributed by atoms with Crippen molar-refractivity contribution in [2.45, 2.75) is 17.3 Å². The fraction of sp³-hybridized carbons (Fsp3) is 0.105. The topological polar surface area (TPSA) is 43.6 Å². The summed E-state index contributed by atoms with van der Waals surface area (Å²) in [5, 5.41) is 0.927. The van der Waals surface area contributed by atoms with Crippen molar-refractivity contribution < 1.29 is 0 Å². The van der Waals surface area contributed by atoms with Crippen LogP contribution < -0.4 is 0 Å². The maximum Gasteiger partial charge on any atom is 0.164 e. The van der Waals surface area contributed by atoms with Crippen molar-refractivity contribution >= 4 is 22.9 Å². The van der Waals surface area contributed by atoms with Gasteiger partial charge >= 0.3 is 0 Å². The number of hydrogen-bond donors (Lipinski definition) is 0. The highest BCUT2D eigenvalue weighted by molar-refractivity contribution is 7.98. The number of thioether (sulfide) groups is 1. The van der Waals surface area contributed by atoms with Crippen LogP contribution in [-0.2, 0) is 12.3 Å². The van der Waals surface area contributed by atoms with Crippen LogP contribution in [0.5, 0.6) is 0 Å². The number of nitrogens with zero attached hydrogens (tertiary/aromatic N) is 4. The summed E-state index contributed by atoms with van der Waals surface area (Å²) in [6, 6.07) is 20.7. The number of imidazole rings is 1. The third-order valence-electron chi connectivity index (χ3n) is 3.78. The van der Waals surface area contributed by atoms with Gasteiger partial charge in [0.25, 0.3) is 0 Å². The molecular formula is C19H16N4S. The molecule has 4 rings (SSSR count). The van der Waals surface area contributed by atoms with Crippen LogP contribution >= 0.6 is 11.8 Å². The average molecular weight is 332 g/mol. The van der Waals surface area contributed by atoms with Gasteiger partial charge in [-0.3, -0.25) is 0 Å². The first-order chi connectivity index (χ1) is 11.9. The summed E-state index contributed by atoms with van der Waals surface area (Å²) < 4.78 is 2.07. The molecule has 24 heavy (non-hydrogen) atoms. The maximum absolute atomic E-state index is 4.54. The van der Waals surface area contributed by atoms with E-state index >= 15 is 0 Å². The van der Waals surface area contributed by atoms with Gasteiger partial charge in [0.2, 0.25) is 0 Å². The fourth-order valence-corrected chi connectivity index (χ4v) is 3.48. The highest BCUT2D eigenvalue weighted by atomic mass is 32.2. The van der Waals surface area contributed by atoms with Crippen LogP contribution in [0.4, 0.5) is 0 Å². The van der Waals surface area contributed by atoms with Crippen molar-refractivity contribution in [2.75, 3.05) is 0 Å². The first-order valence-electron chi connectivity index (χ1n) is 7.76. The molecule has 0 spiro atoms. The SMILES string of the molecule is c1ccc(CSc2ncnc3c2ncn3Cc2ccccc2)cc1. The van der Waals surface area contributed by atoms with Gasteiger partial charge in [-0.15, -0.1) is 0 Å². The molecular weight excluding hydrogens is 316 g/mol. The third-order valence-corrected chi connectivity index (χ3v) is 4.83. The van der Waals surface area contributed by atoms with E-state index in [9.17, 15) is 0 Å². The Bertz CT molecular complexity index is 935. The summed E-state index contributed by atoms with van der Waals surface area (Å²) in [6.45, 7) is 0.761. The van der Waals surface area contributed by atoms with Crippen LogP contribution in [0.2, 0.25) is 0 Å². The molecule has 118 valence electrons. The fourth-order valence-electron chi connectivity index (χ4n) is 2.59. The van der Waals surface area contributed by atoms with E-state index in [4.69, 9.17) is 0 Å². The molecule has 0 aliphatic rings. The van der Waals surface area contributed by atoms with Crippen LogP contribution in [0.3, 0.4) is 0 Å². The second-order valence-electron chi connectivity index (χ2n) is 5.48. The Labute approximate surface area is 144 Å². The molecule has 0 saturated heterocycles. The van der Waals surface area contributed by atoms with Crippen molar-refractivity contribution in [1.82, 2.24) is 19.5 Å². The van der Waals surface area contributed by atoms with Gasteiger partial charge < -0.3 is 4.57 Å². The summed E-state index contributed by atoms with van der Waals surface area (Å²) in [5.74, 6) is 0.874. The summed E-state index contributed by atoms with van der Waals surface area (Å²) in [4.78, 5) is 13.4. The van der Waals surface area contributed by atoms with Crippen molar-refractivity contribution in [2.24, 2.45) is 0 Å². The van der Waals surface area contributed by atoms with E-state index in [1.165, 1.54) is 11.1 Å². The van der Waals surface area contributed by atoms with Crippen molar-refractivity contribution in [3.05, 3.63) is 84.4 Å². The van der Waals surface area contributed by atoms with Gasteiger partial charge in [-0.05, 0) is 11.1 Å². The van der Waals surface area contributed by atoms with Crippen LogP contribution in [0.1, 0.15) is 11.1 Å². The lowest BCUT2D eigenvalue weighted by atomic mass is 10.2. The zero-order valence-corrected chi connectivity index (χ0v) is 13.9. The van der Waals surface area contributed by atoms with E-state index < -0.39 is 0 Å². The minimum atomic E-state index is 0.761. The number of benzene rings is 2. The lowest BCUT2D eigenvalue weighted by Crippen LogP contribution is -1.99. The first kappa shape index (κ1) is 14.9. The number of hydrogen-bond acceptors (Lipinski definition) is 4. The highest BCUT2D eigenvalue weighted by Gasteiger charge is 2.11. The Balaban J connectivity index is 1.59. The van der Waals surface area contributed by atoms with Gasteiger partial charge in [0, 0.05) is 5.75 Å². The predicted molar refractivity (Wildman–Crippen MR) is 96.9 cm³/mol. The normalized spacial score (nSPS) is 11.0. The molecule has 0 bridgehead atoms. The molecule has 4 aromatic rings. The van der Waals surface area contributed by atoms with Crippen LogP contribution in [0.15, 0.2) is 78.3 Å². The Morgan fingerprint density at radius 2 is 1.50 bits per heavy atom. The van der Waals surface area contributed by atoms with Gasteiger partial charge in [-0.2, -0.15) is 0 Å². The predicted octanol–water partition coefficient (Wildman–Crippen LogP) is 4.17. The second-order valence-corrected chi connectivity index (χ2v) is 6.45. The quantitative estimate of drug-likeness (QED) is 0.406. The van der Waals surface area contributed by atoms with E-state index in [-0.39, 0.29) is 0 Å². The van der Waals surface area contributed by atoms with E-state index in [1.807, 2.05) is 30.6 Å². The standard InChI is InChI=1S/C19H16N4S/c1-3-7-15(8-4-1)11-23-14-22-17-18(23)20-13-21-19(17)24-12-16-9-5-2-6-10-16/h1-10,13-14H,11-12H2. The molecule has 2 heterocycles. The first-order valence-corrected chi connectivity index (χ1v) is 8.75. The summed E-state index contributed by atoms with van der Waals surface area (Å²) in [6.07, 6.45) is 3.47. The molecule has 5 heteroatoms. The average Bonchev–Trinajstić information content (AvgIpc) is 3.05. The second kappa shape index (κ2) is 6.84. The van der Waals surface area contributed by atoms with Crippen LogP contribution in [0, 0.1) is 0 Å². The highest BCUT2D eigenvalue weighted by Crippen LogP contribution is 2.26. The largest absolute Gasteiger partial charge is 0.311 e. The lowest BCUT2D eigenvalue weighted by Gasteiger charge is -2.05. The van der Waals surface area contributed by atoms with Crippen LogP contribution in [0.25, 0.3) is 11.2 Å². The van der Waals surface area contributed by atoms with Crippen molar-refractivity contribution in [3.63, 3.8) is 0 Å². The Morgan fingerprint density at radius 3 is 2.25 bits per heavy atom. The van der Waals surface area contributed by atoms with Gasteiger partial charge in [0.15, 0.2) is 5.65 Å². The monoisotopic (exact) mass is 332 g/mol. The van der Waals surface area contributed by atoms with E-state index in [2.05, 4.69) is 55.9 Å². The maximum atomic E-state index is 4.54. The Hall–Kier alpha value is -2.66. The third kappa shape index (κ3) is 3.16. The molecule has 0 fully saturated rings. The van der Waals surface area contributed by atoms with Gasteiger partial charge in [0.05, 0.1) is 12.9 Å². The Kier molecular flexibility index (Phi) is 4.25. The van der Waals surface area contributed by atoms with Crippen molar-refractivity contribution in [1.29, 1.82) is 0 Å². The van der Waals surface area contributed by atoms with E-state index in [0.29, 0.717) is 0 Å². The van der Waals surface area contributed by atoms with E-state index in [0.717, 1.165) is 28.5 Å². The smallest absolute Gasteiger partial charge is 0.164 e. The molecule has 0 aliphatic heterocycles. The summed E-state index contributed by atoms with van der Waals surface area (Å²) in [5.41, 5.74) is 4.26. The molecule has 0 atom stereocenters. The van der Waals surface area contributed by atoms with Gasteiger partial charge in [-0.25, -0.2) is 15.0 Å². The molecule has 2 aromatic carbocycles. The Morgan fingerprint density at radius 1 is 0.792 bits per heavy atom.